The first-order chi connectivity index (χ1) is 14.1. The van der Waals surface area contributed by atoms with Crippen LogP contribution in [0.2, 0.25) is 0 Å². The number of fused-ring (bicyclic) bond motifs is 1. The highest BCUT2D eigenvalue weighted by Gasteiger charge is 2.33. The van der Waals surface area contributed by atoms with Gasteiger partial charge in [-0.15, -0.1) is 0 Å². The number of aliphatic hydroxyl groups excluding tert-OH is 1. The standard InChI is InChI=1S/C20H27N3O6/c24-10-18-15(5-4-14(29-18)7-8-21-19(25)12-1-2-12)23-20(26)22-13-3-6-16-17(9-13)28-11-27-16/h3,6,9,12,14-15,18,24H,1-2,4-5,7-8,10-11H2,(H,21,25)(H2,22,23,26)/t14-,15+,18-/m0/s1. The van der Waals surface area contributed by atoms with Crippen LogP contribution in [0, 0.1) is 5.92 Å². The number of rotatable bonds is 7. The minimum Gasteiger partial charge on any atom is -0.454 e. The molecule has 29 heavy (non-hydrogen) atoms. The zero-order chi connectivity index (χ0) is 20.2. The topological polar surface area (TPSA) is 118 Å². The van der Waals surface area contributed by atoms with Gasteiger partial charge < -0.3 is 35.3 Å². The molecule has 0 unspecified atom stereocenters. The van der Waals surface area contributed by atoms with Gasteiger partial charge in [0.1, 0.15) is 6.10 Å². The van der Waals surface area contributed by atoms with E-state index in [1.165, 1.54) is 0 Å². The lowest BCUT2D eigenvalue weighted by atomic mass is 9.97. The Labute approximate surface area is 169 Å². The molecule has 158 valence electrons. The van der Waals surface area contributed by atoms with Crippen molar-refractivity contribution in [1.82, 2.24) is 10.6 Å². The zero-order valence-corrected chi connectivity index (χ0v) is 16.2. The SMILES string of the molecule is O=C(Nc1ccc2c(c1)OCO2)N[C@@H]1CC[C@@H](CCNC(=O)C2CC2)O[C@H]1CO. The Kier molecular flexibility index (Phi) is 6.05. The van der Waals surface area contributed by atoms with Gasteiger partial charge in [-0.25, -0.2) is 4.79 Å². The van der Waals surface area contributed by atoms with Crippen molar-refractivity contribution in [2.45, 2.75) is 50.4 Å². The molecule has 2 heterocycles. The smallest absolute Gasteiger partial charge is 0.319 e. The van der Waals surface area contributed by atoms with E-state index in [0.29, 0.717) is 36.6 Å². The predicted molar refractivity (Wildman–Crippen MR) is 104 cm³/mol. The van der Waals surface area contributed by atoms with Crippen LogP contribution in [0.1, 0.15) is 32.1 Å². The van der Waals surface area contributed by atoms with Crippen LogP contribution in [0.5, 0.6) is 11.5 Å². The Hall–Kier alpha value is -2.52. The van der Waals surface area contributed by atoms with E-state index < -0.39 is 6.10 Å². The van der Waals surface area contributed by atoms with Crippen molar-refractivity contribution in [2.75, 3.05) is 25.3 Å². The molecule has 0 radical (unpaired) electrons. The van der Waals surface area contributed by atoms with E-state index in [4.69, 9.17) is 14.2 Å². The largest absolute Gasteiger partial charge is 0.454 e. The number of amides is 3. The van der Waals surface area contributed by atoms with Crippen LogP contribution in [0.25, 0.3) is 0 Å². The van der Waals surface area contributed by atoms with Crippen LogP contribution in [0.4, 0.5) is 10.5 Å². The maximum Gasteiger partial charge on any atom is 0.319 e. The highest BCUT2D eigenvalue weighted by atomic mass is 16.7. The van der Waals surface area contributed by atoms with Crippen molar-refractivity contribution in [1.29, 1.82) is 0 Å². The molecule has 0 spiro atoms. The van der Waals surface area contributed by atoms with Crippen molar-refractivity contribution >= 4 is 17.6 Å². The van der Waals surface area contributed by atoms with Gasteiger partial charge in [0, 0.05) is 24.2 Å². The molecule has 1 aromatic carbocycles. The highest BCUT2D eigenvalue weighted by molar-refractivity contribution is 5.90. The lowest BCUT2D eigenvalue weighted by Gasteiger charge is -2.36. The number of ether oxygens (including phenoxy) is 3. The molecular formula is C20H27N3O6. The summed E-state index contributed by atoms with van der Waals surface area (Å²) in [5.41, 5.74) is 0.591. The van der Waals surface area contributed by atoms with Gasteiger partial charge in [0.15, 0.2) is 11.5 Å². The second kappa shape index (κ2) is 8.87. The number of carbonyl (C=O) groups is 2. The van der Waals surface area contributed by atoms with E-state index in [1.54, 1.807) is 18.2 Å². The number of hydrogen-bond acceptors (Lipinski definition) is 6. The van der Waals surface area contributed by atoms with Gasteiger partial charge >= 0.3 is 6.03 Å². The molecular weight excluding hydrogens is 378 g/mol. The first kappa shape index (κ1) is 19.8. The third-order valence-corrected chi connectivity index (χ3v) is 5.46. The molecule has 0 bridgehead atoms. The maximum absolute atomic E-state index is 12.4. The summed E-state index contributed by atoms with van der Waals surface area (Å²) >= 11 is 0. The van der Waals surface area contributed by atoms with Gasteiger partial charge in [-0.2, -0.15) is 0 Å². The summed E-state index contributed by atoms with van der Waals surface area (Å²) in [6, 6.07) is 4.52. The molecule has 4 N–H and O–H groups in total. The predicted octanol–water partition coefficient (Wildman–Crippen LogP) is 1.36. The van der Waals surface area contributed by atoms with E-state index in [1.807, 2.05) is 0 Å². The van der Waals surface area contributed by atoms with Crippen molar-refractivity contribution in [3.05, 3.63) is 18.2 Å². The van der Waals surface area contributed by atoms with Crippen molar-refractivity contribution in [3.8, 4) is 11.5 Å². The van der Waals surface area contributed by atoms with E-state index in [0.717, 1.165) is 19.3 Å². The normalized spacial score (nSPS) is 25.3. The van der Waals surface area contributed by atoms with E-state index in [-0.39, 0.29) is 43.4 Å². The minimum atomic E-state index is -0.476. The van der Waals surface area contributed by atoms with Crippen LogP contribution < -0.4 is 25.4 Å². The van der Waals surface area contributed by atoms with Crippen molar-refractivity contribution < 1.29 is 28.9 Å². The summed E-state index contributed by atoms with van der Waals surface area (Å²) in [5, 5.41) is 18.3. The molecule has 9 nitrogen and oxygen atoms in total. The van der Waals surface area contributed by atoms with Crippen molar-refractivity contribution in [3.63, 3.8) is 0 Å². The molecule has 1 saturated carbocycles. The Balaban J connectivity index is 1.22. The van der Waals surface area contributed by atoms with Gasteiger partial charge in [0.25, 0.3) is 0 Å². The molecule has 1 saturated heterocycles. The average Bonchev–Trinajstić information content (AvgIpc) is 3.47. The van der Waals surface area contributed by atoms with Gasteiger partial charge in [-0.05, 0) is 44.2 Å². The number of benzene rings is 1. The number of nitrogens with one attached hydrogen (secondary N) is 3. The summed E-state index contributed by atoms with van der Waals surface area (Å²) < 4.78 is 16.5. The number of aliphatic hydroxyl groups is 1. The second-order valence-corrected chi connectivity index (χ2v) is 7.68. The summed E-state index contributed by atoms with van der Waals surface area (Å²) in [4.78, 5) is 24.1. The first-order valence-electron chi connectivity index (χ1n) is 10.1. The quantitative estimate of drug-likeness (QED) is 0.544. The number of hydrogen-bond donors (Lipinski definition) is 4. The van der Waals surface area contributed by atoms with E-state index in [2.05, 4.69) is 16.0 Å². The summed E-state index contributed by atoms with van der Waals surface area (Å²) in [6.45, 7) is 0.564. The Morgan fingerprint density at radius 1 is 1.10 bits per heavy atom. The Morgan fingerprint density at radius 2 is 1.93 bits per heavy atom. The molecule has 2 aliphatic heterocycles. The fourth-order valence-corrected chi connectivity index (χ4v) is 3.67. The van der Waals surface area contributed by atoms with Gasteiger partial charge in [0.05, 0.1) is 18.8 Å². The third-order valence-electron chi connectivity index (χ3n) is 5.46. The van der Waals surface area contributed by atoms with E-state index in [9.17, 15) is 14.7 Å². The molecule has 1 aromatic rings. The molecule has 3 aliphatic rings. The molecule has 0 aromatic heterocycles. The Bertz CT molecular complexity index is 754. The minimum absolute atomic E-state index is 0.0402. The van der Waals surface area contributed by atoms with Crippen molar-refractivity contribution in [2.24, 2.45) is 5.92 Å². The average molecular weight is 405 g/mol. The van der Waals surface area contributed by atoms with Crippen LogP contribution in [0.3, 0.4) is 0 Å². The summed E-state index contributed by atoms with van der Waals surface area (Å²) in [6.07, 6.45) is 3.61. The number of carbonyl (C=O) groups excluding carboxylic acids is 2. The fraction of sp³-hybridized carbons (Fsp3) is 0.600. The molecule has 3 atom stereocenters. The van der Waals surface area contributed by atoms with Gasteiger partial charge in [-0.3, -0.25) is 4.79 Å². The first-order valence-corrected chi connectivity index (χ1v) is 10.1. The second-order valence-electron chi connectivity index (χ2n) is 7.68. The van der Waals surface area contributed by atoms with Gasteiger partial charge in [-0.1, -0.05) is 0 Å². The van der Waals surface area contributed by atoms with Crippen LogP contribution in [-0.2, 0) is 9.53 Å². The van der Waals surface area contributed by atoms with Gasteiger partial charge in [0.2, 0.25) is 12.7 Å². The van der Waals surface area contributed by atoms with Crippen LogP contribution in [-0.4, -0.2) is 55.2 Å². The molecule has 2 fully saturated rings. The Morgan fingerprint density at radius 3 is 2.72 bits per heavy atom. The lowest BCUT2D eigenvalue weighted by Crippen LogP contribution is -2.52. The van der Waals surface area contributed by atoms with Crippen LogP contribution >= 0.6 is 0 Å². The summed E-state index contributed by atoms with van der Waals surface area (Å²) in [7, 11) is 0. The molecule has 4 rings (SSSR count). The molecule has 3 amide bonds. The monoisotopic (exact) mass is 405 g/mol. The molecule has 1 aliphatic carbocycles. The van der Waals surface area contributed by atoms with Crippen LogP contribution in [0.15, 0.2) is 18.2 Å². The maximum atomic E-state index is 12.4. The molecule has 9 heteroatoms. The number of anilines is 1. The highest BCUT2D eigenvalue weighted by Crippen LogP contribution is 2.34. The zero-order valence-electron chi connectivity index (χ0n) is 16.2. The fourth-order valence-electron chi connectivity index (χ4n) is 3.67. The lowest BCUT2D eigenvalue weighted by molar-refractivity contribution is -0.122. The number of urea groups is 1. The third kappa shape index (κ3) is 5.10. The summed E-state index contributed by atoms with van der Waals surface area (Å²) in [5.74, 6) is 1.56. The van der Waals surface area contributed by atoms with E-state index >= 15 is 0 Å².